The summed E-state index contributed by atoms with van der Waals surface area (Å²) in [4.78, 5) is 4.93. The van der Waals surface area contributed by atoms with E-state index in [9.17, 15) is 0 Å². The summed E-state index contributed by atoms with van der Waals surface area (Å²) in [5, 5.41) is 3.52. The van der Waals surface area contributed by atoms with Crippen LogP contribution < -0.4 is 5.32 Å². The minimum atomic E-state index is 0.335. The second-order valence-corrected chi connectivity index (χ2v) is 6.16. The van der Waals surface area contributed by atoms with E-state index >= 15 is 0 Å². The van der Waals surface area contributed by atoms with Crippen LogP contribution in [0.1, 0.15) is 12.8 Å². The van der Waals surface area contributed by atoms with Crippen LogP contribution in [0.5, 0.6) is 0 Å². The van der Waals surface area contributed by atoms with Crippen LogP contribution in [0.3, 0.4) is 0 Å². The van der Waals surface area contributed by atoms with E-state index in [0.717, 1.165) is 45.9 Å². The Hall–Kier alpha value is -0.200. The zero-order valence-electron chi connectivity index (χ0n) is 12.0. The summed E-state index contributed by atoms with van der Waals surface area (Å²) in [5.41, 5.74) is 0. The SMILES string of the molecule is CN1CCOC(CNCC2CN3CCCC3CO2)C1. The van der Waals surface area contributed by atoms with Gasteiger partial charge in [0.1, 0.15) is 0 Å². The first-order valence-electron chi connectivity index (χ1n) is 7.68. The van der Waals surface area contributed by atoms with E-state index in [0.29, 0.717) is 18.2 Å². The van der Waals surface area contributed by atoms with Gasteiger partial charge in [-0.15, -0.1) is 0 Å². The van der Waals surface area contributed by atoms with Gasteiger partial charge in [0.25, 0.3) is 0 Å². The van der Waals surface area contributed by atoms with Gasteiger partial charge in [-0.1, -0.05) is 0 Å². The molecule has 3 saturated heterocycles. The van der Waals surface area contributed by atoms with Gasteiger partial charge >= 0.3 is 0 Å². The molecular weight excluding hydrogens is 242 g/mol. The Morgan fingerprint density at radius 3 is 2.79 bits per heavy atom. The van der Waals surface area contributed by atoms with Gasteiger partial charge in [-0.3, -0.25) is 4.90 Å². The third-order valence-corrected chi connectivity index (χ3v) is 4.55. The van der Waals surface area contributed by atoms with E-state index in [-0.39, 0.29) is 0 Å². The van der Waals surface area contributed by atoms with Crippen LogP contribution in [-0.4, -0.2) is 87.6 Å². The van der Waals surface area contributed by atoms with E-state index in [1.807, 2.05) is 0 Å². The Labute approximate surface area is 116 Å². The standard InChI is InChI=1S/C14H27N3O2/c1-16-5-6-18-13(9-16)7-15-8-14-10-17-4-2-3-12(17)11-19-14/h12-15H,2-11H2,1H3. The number of likely N-dealkylation sites (N-methyl/N-ethyl adjacent to an activating group) is 1. The highest BCUT2D eigenvalue weighted by molar-refractivity contribution is 4.86. The Morgan fingerprint density at radius 2 is 1.95 bits per heavy atom. The van der Waals surface area contributed by atoms with Crippen LogP contribution in [0, 0.1) is 0 Å². The first-order valence-corrected chi connectivity index (χ1v) is 7.68. The molecule has 3 unspecified atom stereocenters. The van der Waals surface area contributed by atoms with Crippen LogP contribution in [0.4, 0.5) is 0 Å². The van der Waals surface area contributed by atoms with Gasteiger partial charge in [0.2, 0.25) is 0 Å². The van der Waals surface area contributed by atoms with Gasteiger partial charge in [0.15, 0.2) is 0 Å². The molecule has 3 heterocycles. The lowest BCUT2D eigenvalue weighted by Gasteiger charge is -2.36. The van der Waals surface area contributed by atoms with Gasteiger partial charge in [0, 0.05) is 38.8 Å². The van der Waals surface area contributed by atoms with Crippen molar-refractivity contribution < 1.29 is 9.47 Å². The highest BCUT2D eigenvalue weighted by Gasteiger charge is 2.32. The first-order chi connectivity index (χ1) is 9.31. The summed E-state index contributed by atoms with van der Waals surface area (Å²) in [7, 11) is 2.16. The summed E-state index contributed by atoms with van der Waals surface area (Å²) >= 11 is 0. The monoisotopic (exact) mass is 269 g/mol. The minimum absolute atomic E-state index is 0.335. The molecule has 0 aromatic rings. The van der Waals surface area contributed by atoms with E-state index in [1.165, 1.54) is 19.4 Å². The van der Waals surface area contributed by atoms with Gasteiger partial charge in [0.05, 0.1) is 25.4 Å². The van der Waals surface area contributed by atoms with Crippen molar-refractivity contribution in [2.45, 2.75) is 31.1 Å². The average molecular weight is 269 g/mol. The fraction of sp³-hybridized carbons (Fsp3) is 1.00. The fourth-order valence-corrected chi connectivity index (χ4v) is 3.40. The molecule has 0 amide bonds. The zero-order chi connectivity index (χ0) is 13.1. The number of fused-ring (bicyclic) bond motifs is 1. The lowest BCUT2D eigenvalue weighted by atomic mass is 10.2. The van der Waals surface area contributed by atoms with Gasteiger partial charge in [-0.2, -0.15) is 0 Å². The second-order valence-electron chi connectivity index (χ2n) is 6.16. The van der Waals surface area contributed by atoms with Crippen molar-refractivity contribution in [1.29, 1.82) is 0 Å². The zero-order valence-corrected chi connectivity index (χ0v) is 12.0. The predicted molar refractivity (Wildman–Crippen MR) is 74.4 cm³/mol. The van der Waals surface area contributed by atoms with Crippen molar-refractivity contribution in [2.75, 3.05) is 59.5 Å². The Kier molecular flexibility index (Phi) is 4.71. The van der Waals surface area contributed by atoms with Gasteiger partial charge < -0.3 is 19.7 Å². The lowest BCUT2D eigenvalue weighted by Crippen LogP contribution is -2.51. The molecule has 19 heavy (non-hydrogen) atoms. The number of hydrogen-bond acceptors (Lipinski definition) is 5. The molecule has 0 aromatic carbocycles. The number of nitrogens with zero attached hydrogens (tertiary/aromatic N) is 2. The first kappa shape index (κ1) is 13.8. The number of rotatable bonds is 4. The van der Waals surface area contributed by atoms with E-state index in [1.54, 1.807) is 0 Å². The van der Waals surface area contributed by atoms with Crippen molar-refractivity contribution in [1.82, 2.24) is 15.1 Å². The van der Waals surface area contributed by atoms with Crippen LogP contribution in [0.15, 0.2) is 0 Å². The molecule has 0 bridgehead atoms. The van der Waals surface area contributed by atoms with E-state index < -0.39 is 0 Å². The highest BCUT2D eigenvalue weighted by Crippen LogP contribution is 2.22. The molecule has 5 nitrogen and oxygen atoms in total. The van der Waals surface area contributed by atoms with Crippen molar-refractivity contribution in [3.8, 4) is 0 Å². The molecule has 0 saturated carbocycles. The molecular formula is C14H27N3O2. The normalized spacial score (nSPS) is 37.4. The summed E-state index contributed by atoms with van der Waals surface area (Å²) in [5.74, 6) is 0. The number of nitrogens with one attached hydrogen (secondary N) is 1. The molecule has 0 radical (unpaired) electrons. The largest absolute Gasteiger partial charge is 0.374 e. The maximum absolute atomic E-state index is 5.95. The maximum Gasteiger partial charge on any atom is 0.0827 e. The van der Waals surface area contributed by atoms with E-state index in [2.05, 4.69) is 22.2 Å². The molecule has 3 fully saturated rings. The molecule has 5 heteroatoms. The van der Waals surface area contributed by atoms with Crippen LogP contribution in [0.2, 0.25) is 0 Å². The van der Waals surface area contributed by atoms with Crippen LogP contribution >= 0.6 is 0 Å². The van der Waals surface area contributed by atoms with Crippen molar-refractivity contribution >= 4 is 0 Å². The molecule has 0 spiro atoms. The molecule has 3 aliphatic heterocycles. The second kappa shape index (κ2) is 6.50. The third-order valence-electron chi connectivity index (χ3n) is 4.55. The fourth-order valence-electron chi connectivity index (χ4n) is 3.40. The molecule has 110 valence electrons. The van der Waals surface area contributed by atoms with Gasteiger partial charge in [-0.25, -0.2) is 0 Å². The van der Waals surface area contributed by atoms with Crippen LogP contribution in [0.25, 0.3) is 0 Å². The molecule has 3 rings (SSSR count). The maximum atomic E-state index is 5.95. The Bertz CT molecular complexity index is 290. The van der Waals surface area contributed by atoms with Gasteiger partial charge in [-0.05, 0) is 26.4 Å². The average Bonchev–Trinajstić information content (AvgIpc) is 2.86. The predicted octanol–water partition coefficient (Wildman–Crippen LogP) is -0.230. The third kappa shape index (κ3) is 3.67. The Balaban J connectivity index is 1.34. The van der Waals surface area contributed by atoms with E-state index in [4.69, 9.17) is 9.47 Å². The summed E-state index contributed by atoms with van der Waals surface area (Å²) in [6, 6.07) is 0.701. The number of ether oxygens (including phenoxy) is 2. The summed E-state index contributed by atoms with van der Waals surface area (Å²) in [6.45, 7) is 8.13. The van der Waals surface area contributed by atoms with Crippen molar-refractivity contribution in [3.63, 3.8) is 0 Å². The topological polar surface area (TPSA) is 37.0 Å². The van der Waals surface area contributed by atoms with Crippen LogP contribution in [-0.2, 0) is 9.47 Å². The quantitative estimate of drug-likeness (QED) is 0.763. The molecule has 3 atom stereocenters. The summed E-state index contributed by atoms with van der Waals surface area (Å²) in [6.07, 6.45) is 3.36. The molecule has 0 aromatic heterocycles. The smallest absolute Gasteiger partial charge is 0.0827 e. The molecule has 1 N–H and O–H groups in total. The number of hydrogen-bond donors (Lipinski definition) is 1. The Morgan fingerprint density at radius 1 is 1.11 bits per heavy atom. The van der Waals surface area contributed by atoms with Crippen molar-refractivity contribution in [2.24, 2.45) is 0 Å². The van der Waals surface area contributed by atoms with Crippen molar-refractivity contribution in [3.05, 3.63) is 0 Å². The highest BCUT2D eigenvalue weighted by atomic mass is 16.5. The minimum Gasteiger partial charge on any atom is -0.374 e. The lowest BCUT2D eigenvalue weighted by molar-refractivity contribution is -0.0514. The molecule has 0 aliphatic carbocycles. The number of morpholine rings is 2. The summed E-state index contributed by atoms with van der Waals surface area (Å²) < 4.78 is 11.7. The molecule has 3 aliphatic rings.